The molecule has 0 aliphatic carbocycles. The van der Waals surface area contributed by atoms with E-state index in [0.29, 0.717) is 5.56 Å². The number of aliphatic hydroxyl groups is 1. The van der Waals surface area contributed by atoms with Gasteiger partial charge < -0.3 is 5.11 Å². The molecule has 0 heterocycles. The van der Waals surface area contributed by atoms with Crippen LogP contribution in [0.15, 0.2) is 55.1 Å². The van der Waals surface area contributed by atoms with Crippen molar-refractivity contribution < 1.29 is 9.90 Å². The molecule has 1 aromatic carbocycles. The SMILES string of the molecule is C=C/C=C/[C@H](O)C(=O)c1ccccc1. The minimum absolute atomic E-state index is 0.302. The minimum atomic E-state index is -1.09. The number of carbonyl (C=O) groups is 1. The molecule has 0 radical (unpaired) electrons. The number of Topliss-reactive ketones (excluding diaryl/α,β-unsaturated/α-hetero) is 1. The second-order valence-electron chi connectivity index (χ2n) is 2.80. The number of allylic oxidation sites excluding steroid dienone is 2. The quantitative estimate of drug-likeness (QED) is 0.579. The average molecular weight is 188 g/mol. The predicted octanol–water partition coefficient (Wildman–Crippen LogP) is 1.97. The maximum atomic E-state index is 11.5. The Balaban J connectivity index is 2.76. The molecule has 1 atom stereocenters. The third-order valence-electron chi connectivity index (χ3n) is 1.76. The normalized spacial score (nSPS) is 12.6. The molecule has 0 bridgehead atoms. The molecule has 1 aromatic rings. The van der Waals surface area contributed by atoms with E-state index in [9.17, 15) is 9.90 Å². The fourth-order valence-electron chi connectivity index (χ4n) is 1.04. The van der Waals surface area contributed by atoms with Gasteiger partial charge in [0.15, 0.2) is 5.78 Å². The summed E-state index contributed by atoms with van der Waals surface area (Å²) in [6.07, 6.45) is 3.38. The molecule has 0 saturated carbocycles. The van der Waals surface area contributed by atoms with Crippen molar-refractivity contribution in [2.75, 3.05) is 0 Å². The summed E-state index contributed by atoms with van der Waals surface area (Å²) in [5.41, 5.74) is 0.508. The lowest BCUT2D eigenvalue weighted by Crippen LogP contribution is -2.17. The summed E-state index contributed by atoms with van der Waals surface area (Å²) in [6.45, 7) is 3.46. The predicted molar refractivity (Wildman–Crippen MR) is 56.1 cm³/mol. The van der Waals surface area contributed by atoms with Gasteiger partial charge in [0.05, 0.1) is 0 Å². The van der Waals surface area contributed by atoms with Gasteiger partial charge in [0.25, 0.3) is 0 Å². The number of hydrogen-bond acceptors (Lipinski definition) is 2. The smallest absolute Gasteiger partial charge is 0.195 e. The molecule has 0 aromatic heterocycles. The first kappa shape index (κ1) is 10.4. The van der Waals surface area contributed by atoms with Crippen molar-refractivity contribution in [2.24, 2.45) is 0 Å². The fourth-order valence-corrected chi connectivity index (χ4v) is 1.04. The first-order valence-electron chi connectivity index (χ1n) is 4.32. The van der Waals surface area contributed by atoms with Gasteiger partial charge in [-0.25, -0.2) is 0 Å². The van der Waals surface area contributed by atoms with Crippen molar-refractivity contribution in [3.63, 3.8) is 0 Å². The van der Waals surface area contributed by atoms with E-state index >= 15 is 0 Å². The van der Waals surface area contributed by atoms with Crippen molar-refractivity contribution in [2.45, 2.75) is 6.10 Å². The second-order valence-corrected chi connectivity index (χ2v) is 2.80. The van der Waals surface area contributed by atoms with Gasteiger partial charge >= 0.3 is 0 Å². The highest BCUT2D eigenvalue weighted by atomic mass is 16.3. The van der Waals surface area contributed by atoms with Gasteiger partial charge in [0, 0.05) is 5.56 Å². The maximum Gasteiger partial charge on any atom is 0.195 e. The third-order valence-corrected chi connectivity index (χ3v) is 1.76. The summed E-state index contributed by atoms with van der Waals surface area (Å²) in [6, 6.07) is 8.69. The summed E-state index contributed by atoms with van der Waals surface area (Å²) in [5, 5.41) is 9.42. The molecule has 0 spiro atoms. The van der Waals surface area contributed by atoms with Gasteiger partial charge in [-0.2, -0.15) is 0 Å². The van der Waals surface area contributed by atoms with E-state index in [1.165, 1.54) is 12.2 Å². The van der Waals surface area contributed by atoms with E-state index in [0.717, 1.165) is 0 Å². The summed E-state index contributed by atoms with van der Waals surface area (Å²) >= 11 is 0. The van der Waals surface area contributed by atoms with Crippen LogP contribution in [0.25, 0.3) is 0 Å². The number of hydrogen-bond donors (Lipinski definition) is 1. The summed E-state index contributed by atoms with van der Waals surface area (Å²) < 4.78 is 0. The zero-order valence-electron chi connectivity index (χ0n) is 7.76. The lowest BCUT2D eigenvalue weighted by molar-refractivity contribution is 0.0820. The van der Waals surface area contributed by atoms with E-state index in [-0.39, 0.29) is 5.78 Å². The standard InChI is InChI=1S/C12H12O2/c1-2-3-9-11(13)12(14)10-7-5-4-6-8-10/h2-9,11,13H,1H2/b9-3+/t11-/m0/s1. The van der Waals surface area contributed by atoms with Crippen LogP contribution in [0.5, 0.6) is 0 Å². The highest BCUT2D eigenvalue weighted by Gasteiger charge is 2.12. The Morgan fingerprint density at radius 3 is 2.57 bits per heavy atom. The van der Waals surface area contributed by atoms with Crippen LogP contribution >= 0.6 is 0 Å². The van der Waals surface area contributed by atoms with E-state index in [1.807, 2.05) is 6.07 Å². The molecule has 0 amide bonds. The minimum Gasteiger partial charge on any atom is -0.381 e. The zero-order chi connectivity index (χ0) is 10.4. The Morgan fingerprint density at radius 1 is 1.36 bits per heavy atom. The van der Waals surface area contributed by atoms with Crippen molar-refractivity contribution >= 4 is 5.78 Å². The van der Waals surface area contributed by atoms with Crippen LogP contribution in [0.1, 0.15) is 10.4 Å². The maximum absolute atomic E-state index is 11.5. The van der Waals surface area contributed by atoms with Crippen LogP contribution < -0.4 is 0 Å². The van der Waals surface area contributed by atoms with E-state index < -0.39 is 6.10 Å². The van der Waals surface area contributed by atoms with Crippen LogP contribution in [-0.2, 0) is 0 Å². The molecule has 0 aliphatic rings. The monoisotopic (exact) mass is 188 g/mol. The molecule has 1 N–H and O–H groups in total. The van der Waals surface area contributed by atoms with Crippen molar-refractivity contribution in [1.82, 2.24) is 0 Å². The molecule has 2 nitrogen and oxygen atoms in total. The zero-order valence-corrected chi connectivity index (χ0v) is 7.76. The van der Waals surface area contributed by atoms with Crippen molar-refractivity contribution in [1.29, 1.82) is 0 Å². The summed E-state index contributed by atoms with van der Waals surface area (Å²) in [4.78, 5) is 11.5. The van der Waals surface area contributed by atoms with Crippen molar-refractivity contribution in [3.8, 4) is 0 Å². The molecule has 0 aliphatic heterocycles. The van der Waals surface area contributed by atoms with Crippen LogP contribution in [0.4, 0.5) is 0 Å². The topological polar surface area (TPSA) is 37.3 Å². The van der Waals surface area contributed by atoms with Crippen LogP contribution in [0.3, 0.4) is 0 Å². The Bertz CT molecular complexity index is 339. The lowest BCUT2D eigenvalue weighted by Gasteiger charge is -2.03. The van der Waals surface area contributed by atoms with Crippen LogP contribution in [-0.4, -0.2) is 17.0 Å². The van der Waals surface area contributed by atoms with E-state index in [4.69, 9.17) is 0 Å². The number of aliphatic hydroxyl groups excluding tert-OH is 1. The largest absolute Gasteiger partial charge is 0.381 e. The van der Waals surface area contributed by atoms with Crippen molar-refractivity contribution in [3.05, 3.63) is 60.7 Å². The second kappa shape index (κ2) is 5.14. The number of rotatable bonds is 4. The number of carbonyl (C=O) groups excluding carboxylic acids is 1. The van der Waals surface area contributed by atoms with Gasteiger partial charge in [-0.15, -0.1) is 0 Å². The summed E-state index contributed by atoms with van der Waals surface area (Å²) in [7, 11) is 0. The Labute approximate surface area is 83.2 Å². The lowest BCUT2D eigenvalue weighted by atomic mass is 10.1. The number of ketones is 1. The Kier molecular flexibility index (Phi) is 3.83. The number of benzene rings is 1. The Morgan fingerprint density at radius 2 is 2.00 bits per heavy atom. The third kappa shape index (κ3) is 2.68. The Hall–Kier alpha value is -1.67. The fraction of sp³-hybridized carbons (Fsp3) is 0.0833. The molecule has 72 valence electrons. The molecular weight excluding hydrogens is 176 g/mol. The molecule has 14 heavy (non-hydrogen) atoms. The van der Waals surface area contributed by atoms with Gasteiger partial charge in [-0.3, -0.25) is 4.79 Å². The van der Waals surface area contributed by atoms with Gasteiger partial charge in [0.2, 0.25) is 0 Å². The van der Waals surface area contributed by atoms with Crippen LogP contribution in [0.2, 0.25) is 0 Å². The average Bonchev–Trinajstić information content (AvgIpc) is 2.26. The van der Waals surface area contributed by atoms with Gasteiger partial charge in [-0.05, 0) is 6.08 Å². The molecular formula is C12H12O2. The van der Waals surface area contributed by atoms with Crippen LogP contribution in [0, 0.1) is 0 Å². The molecule has 2 heteroatoms. The first-order chi connectivity index (χ1) is 6.75. The van der Waals surface area contributed by atoms with Gasteiger partial charge in [-0.1, -0.05) is 49.1 Å². The summed E-state index contributed by atoms with van der Waals surface area (Å²) in [5.74, 6) is -0.302. The molecule has 0 unspecified atom stereocenters. The molecule has 0 fully saturated rings. The highest BCUT2D eigenvalue weighted by Crippen LogP contribution is 2.04. The van der Waals surface area contributed by atoms with Gasteiger partial charge in [0.1, 0.15) is 6.10 Å². The molecule has 1 rings (SSSR count). The molecule has 0 saturated heterocycles. The van der Waals surface area contributed by atoms with E-state index in [1.54, 1.807) is 30.3 Å². The highest BCUT2D eigenvalue weighted by molar-refractivity contribution is 6.00. The van der Waals surface area contributed by atoms with E-state index in [2.05, 4.69) is 6.58 Å². The first-order valence-corrected chi connectivity index (χ1v) is 4.32.